The van der Waals surface area contributed by atoms with Crippen LogP contribution in [-0.2, 0) is 0 Å². The van der Waals surface area contributed by atoms with Gasteiger partial charge in [-0.2, -0.15) is 0 Å². The zero-order chi connectivity index (χ0) is 7.84. The fraction of sp³-hybridized carbons (Fsp3) is 0.400. The molecule has 0 nitrogen and oxygen atoms in total. The van der Waals surface area contributed by atoms with Crippen LogP contribution in [0.2, 0.25) is 0 Å². The van der Waals surface area contributed by atoms with E-state index in [2.05, 4.69) is 6.92 Å². The van der Waals surface area contributed by atoms with Gasteiger partial charge in [-0.15, -0.1) is 0 Å². The Balaban J connectivity index is 2.31. The van der Waals surface area contributed by atoms with Crippen LogP contribution < -0.4 is 0 Å². The third kappa shape index (κ3) is 1.15. The van der Waals surface area contributed by atoms with Crippen LogP contribution in [0.25, 0.3) is 0 Å². The van der Waals surface area contributed by atoms with E-state index in [1.165, 1.54) is 0 Å². The van der Waals surface area contributed by atoms with Crippen LogP contribution in [0.15, 0.2) is 24.3 Å². The summed E-state index contributed by atoms with van der Waals surface area (Å²) in [6.07, 6.45) is 1.15. The lowest BCUT2D eigenvalue weighted by Crippen LogP contribution is -1.86. The van der Waals surface area contributed by atoms with Gasteiger partial charge in [0.05, 0.1) is 0 Å². The molecule has 0 bridgehead atoms. The van der Waals surface area contributed by atoms with E-state index in [0.717, 1.165) is 12.0 Å². The monoisotopic (exact) mass is 150 g/mol. The van der Waals surface area contributed by atoms with Crippen molar-refractivity contribution >= 4 is 0 Å². The van der Waals surface area contributed by atoms with E-state index in [-0.39, 0.29) is 5.82 Å². The molecule has 0 radical (unpaired) electrons. The summed E-state index contributed by atoms with van der Waals surface area (Å²) in [5, 5.41) is 0. The van der Waals surface area contributed by atoms with Crippen molar-refractivity contribution in [3.8, 4) is 0 Å². The van der Waals surface area contributed by atoms with Gasteiger partial charge in [-0.05, 0) is 29.9 Å². The molecular weight excluding hydrogens is 139 g/mol. The van der Waals surface area contributed by atoms with Crippen molar-refractivity contribution in [1.29, 1.82) is 0 Å². The molecule has 0 unspecified atom stereocenters. The van der Waals surface area contributed by atoms with E-state index in [1.807, 2.05) is 12.1 Å². The molecule has 1 aromatic rings. The summed E-state index contributed by atoms with van der Waals surface area (Å²) < 4.78 is 13.1. The van der Waals surface area contributed by atoms with Gasteiger partial charge in [0, 0.05) is 0 Å². The minimum Gasteiger partial charge on any atom is -0.207 e. The molecule has 2 atom stereocenters. The van der Waals surface area contributed by atoms with Crippen molar-refractivity contribution in [1.82, 2.24) is 0 Å². The fourth-order valence-electron chi connectivity index (χ4n) is 1.53. The van der Waals surface area contributed by atoms with Gasteiger partial charge >= 0.3 is 0 Å². The molecule has 1 aromatic carbocycles. The molecule has 1 saturated carbocycles. The quantitative estimate of drug-likeness (QED) is 0.577. The van der Waals surface area contributed by atoms with Gasteiger partial charge in [-0.1, -0.05) is 25.1 Å². The predicted molar refractivity (Wildman–Crippen MR) is 42.9 cm³/mol. The standard InChI is InChI=1S/C10H11F/c1-7-6-9(7)8-4-2-3-5-10(8)11/h2-5,7,9H,6H2,1H3/t7-,9-/m1/s1. The van der Waals surface area contributed by atoms with Crippen LogP contribution in [0.1, 0.15) is 24.8 Å². The topological polar surface area (TPSA) is 0 Å². The molecule has 0 aromatic heterocycles. The van der Waals surface area contributed by atoms with Crippen LogP contribution in [0.4, 0.5) is 4.39 Å². The van der Waals surface area contributed by atoms with E-state index < -0.39 is 0 Å². The SMILES string of the molecule is C[C@@H]1C[C@H]1c1ccccc1F. The summed E-state index contributed by atoms with van der Waals surface area (Å²) in [5.41, 5.74) is 0.903. The highest BCUT2D eigenvalue weighted by molar-refractivity contribution is 5.26. The first-order valence-corrected chi connectivity index (χ1v) is 4.03. The molecule has 1 aliphatic carbocycles. The van der Waals surface area contributed by atoms with Gasteiger partial charge in [0.1, 0.15) is 5.82 Å². The van der Waals surface area contributed by atoms with Crippen molar-refractivity contribution in [3.63, 3.8) is 0 Å². The van der Waals surface area contributed by atoms with Gasteiger partial charge < -0.3 is 0 Å². The van der Waals surface area contributed by atoms with Crippen molar-refractivity contribution in [3.05, 3.63) is 35.6 Å². The average Bonchev–Trinajstić information content (AvgIpc) is 2.68. The van der Waals surface area contributed by atoms with Crippen LogP contribution in [0, 0.1) is 11.7 Å². The smallest absolute Gasteiger partial charge is 0.126 e. The van der Waals surface area contributed by atoms with E-state index in [0.29, 0.717) is 11.8 Å². The van der Waals surface area contributed by atoms with Crippen LogP contribution >= 0.6 is 0 Å². The molecule has 0 aliphatic heterocycles. The Morgan fingerprint density at radius 3 is 2.55 bits per heavy atom. The lowest BCUT2D eigenvalue weighted by Gasteiger charge is -1.98. The van der Waals surface area contributed by atoms with Gasteiger partial charge in [0.2, 0.25) is 0 Å². The molecule has 1 aliphatic rings. The Hall–Kier alpha value is -0.850. The summed E-state index contributed by atoms with van der Waals surface area (Å²) in [5.74, 6) is 1.14. The summed E-state index contributed by atoms with van der Waals surface area (Å²) in [6, 6.07) is 7.08. The van der Waals surface area contributed by atoms with Crippen LogP contribution in [0.3, 0.4) is 0 Å². The highest BCUT2D eigenvalue weighted by Crippen LogP contribution is 2.47. The molecule has 0 amide bonds. The van der Waals surface area contributed by atoms with Gasteiger partial charge in [0.25, 0.3) is 0 Å². The first kappa shape index (κ1) is 6.84. The second kappa shape index (κ2) is 2.33. The van der Waals surface area contributed by atoms with Gasteiger partial charge in [-0.3, -0.25) is 0 Å². The normalized spacial score (nSPS) is 28.5. The molecule has 0 N–H and O–H groups in total. The molecule has 1 fully saturated rings. The summed E-state index contributed by atoms with van der Waals surface area (Å²) in [7, 11) is 0. The lowest BCUT2D eigenvalue weighted by atomic mass is 10.1. The molecule has 11 heavy (non-hydrogen) atoms. The molecule has 0 saturated heterocycles. The Bertz CT molecular complexity index is 267. The van der Waals surface area contributed by atoms with E-state index >= 15 is 0 Å². The minimum atomic E-state index is -0.0400. The minimum absolute atomic E-state index is 0.0400. The second-order valence-corrected chi connectivity index (χ2v) is 3.34. The van der Waals surface area contributed by atoms with Crippen molar-refractivity contribution in [2.75, 3.05) is 0 Å². The highest BCUT2D eigenvalue weighted by atomic mass is 19.1. The number of hydrogen-bond acceptors (Lipinski definition) is 0. The number of halogens is 1. The van der Waals surface area contributed by atoms with E-state index in [1.54, 1.807) is 12.1 Å². The van der Waals surface area contributed by atoms with Crippen molar-refractivity contribution in [2.45, 2.75) is 19.3 Å². The summed E-state index contributed by atoms with van der Waals surface area (Å²) >= 11 is 0. The average molecular weight is 150 g/mol. The van der Waals surface area contributed by atoms with Crippen molar-refractivity contribution < 1.29 is 4.39 Å². The molecular formula is C10H11F. The molecule has 0 heterocycles. The number of benzene rings is 1. The Morgan fingerprint density at radius 1 is 1.36 bits per heavy atom. The Kier molecular flexibility index (Phi) is 1.45. The van der Waals surface area contributed by atoms with Gasteiger partial charge in [-0.25, -0.2) is 4.39 Å². The number of hydrogen-bond donors (Lipinski definition) is 0. The Labute approximate surface area is 66.1 Å². The highest BCUT2D eigenvalue weighted by Gasteiger charge is 2.35. The zero-order valence-electron chi connectivity index (χ0n) is 6.55. The maximum Gasteiger partial charge on any atom is 0.126 e. The third-order valence-electron chi connectivity index (χ3n) is 2.41. The summed E-state index contributed by atoms with van der Waals surface area (Å²) in [4.78, 5) is 0. The molecule has 0 spiro atoms. The maximum absolute atomic E-state index is 13.1. The largest absolute Gasteiger partial charge is 0.207 e. The van der Waals surface area contributed by atoms with E-state index in [4.69, 9.17) is 0 Å². The van der Waals surface area contributed by atoms with Crippen LogP contribution in [-0.4, -0.2) is 0 Å². The maximum atomic E-state index is 13.1. The zero-order valence-corrected chi connectivity index (χ0v) is 6.55. The predicted octanol–water partition coefficient (Wildman–Crippen LogP) is 2.95. The van der Waals surface area contributed by atoms with E-state index in [9.17, 15) is 4.39 Å². The number of rotatable bonds is 1. The fourth-order valence-corrected chi connectivity index (χ4v) is 1.53. The Morgan fingerprint density at radius 2 is 2.00 bits per heavy atom. The molecule has 1 heteroatoms. The molecule has 2 rings (SSSR count). The summed E-state index contributed by atoms with van der Waals surface area (Å²) in [6.45, 7) is 2.16. The first-order chi connectivity index (χ1) is 5.29. The van der Waals surface area contributed by atoms with Gasteiger partial charge in [0.15, 0.2) is 0 Å². The van der Waals surface area contributed by atoms with Crippen molar-refractivity contribution in [2.24, 2.45) is 5.92 Å². The first-order valence-electron chi connectivity index (χ1n) is 4.03. The molecule has 58 valence electrons. The lowest BCUT2D eigenvalue weighted by molar-refractivity contribution is 0.607. The third-order valence-corrected chi connectivity index (χ3v) is 2.41. The second-order valence-electron chi connectivity index (χ2n) is 3.34. The van der Waals surface area contributed by atoms with Crippen LogP contribution in [0.5, 0.6) is 0 Å².